The summed E-state index contributed by atoms with van der Waals surface area (Å²) >= 11 is 3.34. The molecule has 0 unspecified atom stereocenters. The number of halogens is 2. The van der Waals surface area contributed by atoms with Crippen LogP contribution in [0.25, 0.3) is 0 Å². The Hall–Kier alpha value is -1.59. The predicted molar refractivity (Wildman–Crippen MR) is 82.2 cm³/mol. The van der Waals surface area contributed by atoms with Gasteiger partial charge in [0.1, 0.15) is 18.5 Å². The summed E-state index contributed by atoms with van der Waals surface area (Å²) < 4.78 is 26.0. The molecule has 110 valence electrons. The SMILES string of the molecule is Fc1ccc(Br)cc1CNC[C@H]1COc2ccccc2O1. The van der Waals surface area contributed by atoms with Crippen LogP contribution >= 0.6 is 15.9 Å². The summed E-state index contributed by atoms with van der Waals surface area (Å²) in [5, 5.41) is 3.20. The van der Waals surface area contributed by atoms with Crippen LogP contribution in [0, 0.1) is 5.82 Å². The van der Waals surface area contributed by atoms with E-state index in [-0.39, 0.29) is 11.9 Å². The molecule has 3 rings (SSSR count). The van der Waals surface area contributed by atoms with Gasteiger partial charge in [0.2, 0.25) is 0 Å². The van der Waals surface area contributed by atoms with Crippen molar-refractivity contribution < 1.29 is 13.9 Å². The maximum absolute atomic E-state index is 13.6. The standard InChI is InChI=1S/C16H15BrFNO2/c17-12-5-6-14(18)11(7-12)8-19-9-13-10-20-15-3-1-2-4-16(15)21-13/h1-7,13,19H,8-10H2/t13-/m0/s1. The molecule has 0 saturated carbocycles. The summed E-state index contributed by atoms with van der Waals surface area (Å²) in [6.45, 7) is 1.54. The molecule has 1 N–H and O–H groups in total. The first-order valence-corrected chi connectivity index (χ1v) is 7.55. The molecule has 2 aromatic rings. The highest BCUT2D eigenvalue weighted by Gasteiger charge is 2.20. The zero-order chi connectivity index (χ0) is 14.7. The lowest BCUT2D eigenvalue weighted by molar-refractivity contribution is 0.0901. The number of nitrogens with one attached hydrogen (secondary N) is 1. The molecular weight excluding hydrogens is 337 g/mol. The molecule has 0 saturated heterocycles. The number of benzene rings is 2. The Kier molecular flexibility index (Phi) is 4.41. The van der Waals surface area contributed by atoms with E-state index in [9.17, 15) is 4.39 Å². The van der Waals surface area contributed by atoms with Gasteiger partial charge in [-0.2, -0.15) is 0 Å². The third-order valence-corrected chi connectivity index (χ3v) is 3.76. The number of ether oxygens (including phenoxy) is 2. The molecular formula is C16H15BrFNO2. The zero-order valence-electron chi connectivity index (χ0n) is 11.3. The largest absolute Gasteiger partial charge is 0.486 e. The van der Waals surface area contributed by atoms with Crippen LogP contribution in [0.1, 0.15) is 5.56 Å². The quantitative estimate of drug-likeness (QED) is 0.914. The molecule has 1 heterocycles. The van der Waals surface area contributed by atoms with E-state index >= 15 is 0 Å². The summed E-state index contributed by atoms with van der Waals surface area (Å²) in [5.74, 6) is 1.31. The molecule has 3 nitrogen and oxygen atoms in total. The molecule has 1 aliphatic heterocycles. The molecule has 0 fully saturated rings. The Balaban J connectivity index is 1.54. The molecule has 0 bridgehead atoms. The van der Waals surface area contributed by atoms with Gasteiger partial charge in [0.15, 0.2) is 11.5 Å². The van der Waals surface area contributed by atoms with E-state index in [1.54, 1.807) is 12.1 Å². The second kappa shape index (κ2) is 6.45. The minimum absolute atomic E-state index is 0.0740. The number of rotatable bonds is 4. The molecule has 1 atom stereocenters. The third-order valence-electron chi connectivity index (χ3n) is 3.26. The van der Waals surface area contributed by atoms with Gasteiger partial charge in [-0.25, -0.2) is 4.39 Å². The number of hydrogen-bond donors (Lipinski definition) is 1. The van der Waals surface area contributed by atoms with Crippen LogP contribution in [-0.4, -0.2) is 19.3 Å². The lowest BCUT2D eigenvalue weighted by Gasteiger charge is -2.26. The van der Waals surface area contributed by atoms with E-state index in [1.165, 1.54) is 6.07 Å². The van der Waals surface area contributed by atoms with Crippen LogP contribution in [-0.2, 0) is 6.54 Å². The second-order valence-corrected chi connectivity index (χ2v) is 5.78. The fourth-order valence-corrected chi connectivity index (χ4v) is 2.62. The van der Waals surface area contributed by atoms with Gasteiger partial charge < -0.3 is 14.8 Å². The van der Waals surface area contributed by atoms with Crippen molar-refractivity contribution in [2.24, 2.45) is 0 Å². The first-order valence-electron chi connectivity index (χ1n) is 6.75. The van der Waals surface area contributed by atoms with Gasteiger partial charge in [-0.3, -0.25) is 0 Å². The average molecular weight is 352 g/mol. The maximum atomic E-state index is 13.6. The highest BCUT2D eigenvalue weighted by atomic mass is 79.9. The molecule has 5 heteroatoms. The highest BCUT2D eigenvalue weighted by molar-refractivity contribution is 9.10. The van der Waals surface area contributed by atoms with Crippen LogP contribution < -0.4 is 14.8 Å². The second-order valence-electron chi connectivity index (χ2n) is 4.86. The Bertz CT molecular complexity index is 635. The van der Waals surface area contributed by atoms with E-state index in [2.05, 4.69) is 21.2 Å². The smallest absolute Gasteiger partial charge is 0.161 e. The topological polar surface area (TPSA) is 30.5 Å². The summed E-state index contributed by atoms with van der Waals surface area (Å²) in [7, 11) is 0. The van der Waals surface area contributed by atoms with E-state index in [0.29, 0.717) is 25.3 Å². The van der Waals surface area contributed by atoms with E-state index in [1.807, 2.05) is 24.3 Å². The maximum Gasteiger partial charge on any atom is 0.161 e. The molecule has 2 aromatic carbocycles. The van der Waals surface area contributed by atoms with Crippen molar-refractivity contribution in [3.8, 4) is 11.5 Å². The normalized spacial score (nSPS) is 16.8. The Morgan fingerprint density at radius 1 is 1.19 bits per heavy atom. The summed E-state index contributed by atoms with van der Waals surface area (Å²) in [4.78, 5) is 0. The molecule has 0 spiro atoms. The van der Waals surface area contributed by atoms with Crippen molar-refractivity contribution in [2.75, 3.05) is 13.2 Å². The summed E-state index contributed by atoms with van der Waals surface area (Å²) in [6.07, 6.45) is -0.0740. The molecule has 21 heavy (non-hydrogen) atoms. The number of fused-ring (bicyclic) bond motifs is 1. The minimum Gasteiger partial charge on any atom is -0.486 e. The number of hydrogen-bond acceptors (Lipinski definition) is 3. The van der Waals surface area contributed by atoms with E-state index in [0.717, 1.165) is 16.0 Å². The van der Waals surface area contributed by atoms with Crippen LogP contribution in [0.15, 0.2) is 46.9 Å². The summed E-state index contributed by atoms with van der Waals surface area (Å²) in [6, 6.07) is 12.5. The van der Waals surface area contributed by atoms with Gasteiger partial charge >= 0.3 is 0 Å². The molecule has 0 radical (unpaired) electrons. The third kappa shape index (κ3) is 3.54. The first kappa shape index (κ1) is 14.4. The van der Waals surface area contributed by atoms with Crippen molar-refractivity contribution in [1.29, 1.82) is 0 Å². The lowest BCUT2D eigenvalue weighted by atomic mass is 10.2. The Labute approximate surface area is 131 Å². The van der Waals surface area contributed by atoms with Gasteiger partial charge in [0, 0.05) is 23.1 Å². The van der Waals surface area contributed by atoms with Crippen molar-refractivity contribution in [2.45, 2.75) is 12.6 Å². The van der Waals surface area contributed by atoms with Gasteiger partial charge in [0.05, 0.1) is 0 Å². The van der Waals surface area contributed by atoms with Gasteiger partial charge in [-0.15, -0.1) is 0 Å². The van der Waals surface area contributed by atoms with Gasteiger partial charge in [0.25, 0.3) is 0 Å². The summed E-state index contributed by atoms with van der Waals surface area (Å²) in [5.41, 5.74) is 0.626. The number of para-hydroxylation sites is 2. The monoisotopic (exact) mass is 351 g/mol. The van der Waals surface area contributed by atoms with Gasteiger partial charge in [-0.1, -0.05) is 28.1 Å². The van der Waals surface area contributed by atoms with Crippen LogP contribution in [0.4, 0.5) is 4.39 Å². The van der Waals surface area contributed by atoms with E-state index in [4.69, 9.17) is 9.47 Å². The lowest BCUT2D eigenvalue weighted by Crippen LogP contribution is -2.38. The minimum atomic E-state index is -0.211. The molecule has 0 amide bonds. The predicted octanol–water partition coefficient (Wildman–Crippen LogP) is 3.52. The fourth-order valence-electron chi connectivity index (χ4n) is 2.21. The van der Waals surface area contributed by atoms with Crippen molar-refractivity contribution in [3.63, 3.8) is 0 Å². The highest BCUT2D eigenvalue weighted by Crippen LogP contribution is 2.30. The molecule has 0 aromatic heterocycles. The van der Waals surface area contributed by atoms with Crippen molar-refractivity contribution in [1.82, 2.24) is 5.32 Å². The molecule has 1 aliphatic rings. The van der Waals surface area contributed by atoms with E-state index < -0.39 is 0 Å². The zero-order valence-corrected chi connectivity index (χ0v) is 12.9. The Morgan fingerprint density at radius 2 is 2.00 bits per heavy atom. The molecule has 0 aliphatic carbocycles. The fraction of sp³-hybridized carbons (Fsp3) is 0.250. The van der Waals surface area contributed by atoms with Gasteiger partial charge in [-0.05, 0) is 30.3 Å². The Morgan fingerprint density at radius 3 is 2.86 bits per heavy atom. The van der Waals surface area contributed by atoms with Crippen molar-refractivity contribution >= 4 is 15.9 Å². The average Bonchev–Trinajstić information content (AvgIpc) is 2.50. The first-order chi connectivity index (χ1) is 10.2. The van der Waals surface area contributed by atoms with Crippen molar-refractivity contribution in [3.05, 3.63) is 58.3 Å². The van der Waals surface area contributed by atoms with Crippen LogP contribution in [0.3, 0.4) is 0 Å². The van der Waals surface area contributed by atoms with Crippen LogP contribution in [0.5, 0.6) is 11.5 Å². The van der Waals surface area contributed by atoms with Crippen LogP contribution in [0.2, 0.25) is 0 Å².